The van der Waals surface area contributed by atoms with Crippen molar-refractivity contribution in [2.24, 2.45) is 0 Å². The average molecular weight is 313 g/mol. The van der Waals surface area contributed by atoms with E-state index in [0.29, 0.717) is 6.04 Å². The lowest BCUT2D eigenvalue weighted by atomic mass is 10.1. The van der Waals surface area contributed by atoms with Gasteiger partial charge in [-0.25, -0.2) is 0 Å². The highest BCUT2D eigenvalue weighted by Gasteiger charge is 2.22. The monoisotopic (exact) mass is 312 g/mol. The molecule has 1 aromatic rings. The number of aliphatic hydroxyl groups excluding tert-OH is 1. The lowest BCUT2D eigenvalue weighted by Gasteiger charge is -2.28. The van der Waals surface area contributed by atoms with Crippen molar-refractivity contribution < 1.29 is 5.11 Å². The lowest BCUT2D eigenvalue weighted by molar-refractivity contribution is 0.281. The van der Waals surface area contributed by atoms with Crippen LogP contribution < -0.4 is 4.90 Å². The molecule has 1 unspecified atom stereocenters. The number of rotatable bonds is 4. The van der Waals surface area contributed by atoms with Gasteiger partial charge in [-0.2, -0.15) is 0 Å². The Morgan fingerprint density at radius 2 is 2.28 bits per heavy atom. The Hall–Kier alpha value is -0.580. The summed E-state index contributed by atoms with van der Waals surface area (Å²) in [4.78, 5) is 4.68. The molecule has 0 saturated carbocycles. The van der Waals surface area contributed by atoms with Crippen molar-refractivity contribution in [2.45, 2.75) is 25.5 Å². The van der Waals surface area contributed by atoms with E-state index in [-0.39, 0.29) is 6.61 Å². The molecule has 0 radical (unpaired) electrons. The normalized spacial score (nSPS) is 20.3. The Kier molecular flexibility index (Phi) is 4.65. The molecule has 4 heteroatoms. The number of halogens is 1. The molecular weight excluding hydrogens is 292 g/mol. The first kappa shape index (κ1) is 13.8. The van der Waals surface area contributed by atoms with Gasteiger partial charge >= 0.3 is 0 Å². The van der Waals surface area contributed by atoms with Crippen molar-refractivity contribution in [1.82, 2.24) is 4.90 Å². The lowest BCUT2D eigenvalue weighted by Crippen LogP contribution is -2.37. The third-order valence-electron chi connectivity index (χ3n) is 3.78. The summed E-state index contributed by atoms with van der Waals surface area (Å²) in [6.45, 7) is 2.30. The first-order valence-corrected chi connectivity index (χ1v) is 7.21. The largest absolute Gasteiger partial charge is 0.392 e. The molecule has 0 aliphatic carbocycles. The number of benzene rings is 1. The molecule has 2 rings (SSSR count). The molecular formula is C14H21BrN2O. The molecule has 1 N–H and O–H groups in total. The van der Waals surface area contributed by atoms with E-state index in [1.165, 1.54) is 19.4 Å². The summed E-state index contributed by atoms with van der Waals surface area (Å²) in [7, 11) is 4.30. The van der Waals surface area contributed by atoms with Gasteiger partial charge in [-0.3, -0.25) is 0 Å². The molecule has 0 amide bonds. The topological polar surface area (TPSA) is 26.7 Å². The van der Waals surface area contributed by atoms with Crippen molar-refractivity contribution in [3.05, 3.63) is 28.2 Å². The van der Waals surface area contributed by atoms with E-state index in [1.54, 1.807) is 0 Å². The van der Waals surface area contributed by atoms with Crippen molar-refractivity contribution in [3.63, 3.8) is 0 Å². The molecule has 18 heavy (non-hydrogen) atoms. The molecule has 1 atom stereocenters. The van der Waals surface area contributed by atoms with Gasteiger partial charge in [0, 0.05) is 35.4 Å². The van der Waals surface area contributed by atoms with Crippen LogP contribution in [0.5, 0.6) is 0 Å². The quantitative estimate of drug-likeness (QED) is 0.925. The van der Waals surface area contributed by atoms with Gasteiger partial charge in [0.15, 0.2) is 0 Å². The molecule has 1 aliphatic heterocycles. The smallest absolute Gasteiger partial charge is 0.0702 e. The zero-order valence-electron chi connectivity index (χ0n) is 11.1. The minimum atomic E-state index is 0.0830. The van der Waals surface area contributed by atoms with Gasteiger partial charge in [-0.05, 0) is 44.6 Å². The highest BCUT2D eigenvalue weighted by Crippen LogP contribution is 2.25. The van der Waals surface area contributed by atoms with Crippen LogP contribution in [0.1, 0.15) is 18.4 Å². The number of hydrogen-bond acceptors (Lipinski definition) is 3. The fourth-order valence-electron chi connectivity index (χ4n) is 2.68. The Morgan fingerprint density at radius 1 is 1.50 bits per heavy atom. The number of hydrogen-bond donors (Lipinski definition) is 1. The second-order valence-corrected chi connectivity index (χ2v) is 6.00. The third kappa shape index (κ3) is 3.05. The number of anilines is 1. The van der Waals surface area contributed by atoms with Crippen molar-refractivity contribution in [2.75, 3.05) is 32.1 Å². The highest BCUT2D eigenvalue weighted by atomic mass is 79.9. The van der Waals surface area contributed by atoms with E-state index in [2.05, 4.69) is 45.9 Å². The van der Waals surface area contributed by atoms with Crippen LogP contribution >= 0.6 is 15.9 Å². The molecule has 0 aromatic heterocycles. The fraction of sp³-hybridized carbons (Fsp3) is 0.571. The van der Waals surface area contributed by atoms with E-state index in [1.807, 2.05) is 12.1 Å². The SMILES string of the molecule is CN(CC1CCCN1C)c1ccc(Br)cc1CO. The maximum Gasteiger partial charge on any atom is 0.0702 e. The summed E-state index contributed by atoms with van der Waals surface area (Å²) in [5.41, 5.74) is 2.11. The Morgan fingerprint density at radius 3 is 2.89 bits per heavy atom. The average Bonchev–Trinajstić information content (AvgIpc) is 2.74. The van der Waals surface area contributed by atoms with Gasteiger partial charge < -0.3 is 14.9 Å². The van der Waals surface area contributed by atoms with Crippen LogP contribution in [-0.4, -0.2) is 43.2 Å². The van der Waals surface area contributed by atoms with Crippen LogP contribution in [0.3, 0.4) is 0 Å². The Balaban J connectivity index is 2.10. The van der Waals surface area contributed by atoms with Crippen LogP contribution in [0.25, 0.3) is 0 Å². The number of nitrogens with zero attached hydrogens (tertiary/aromatic N) is 2. The van der Waals surface area contributed by atoms with E-state index in [0.717, 1.165) is 22.3 Å². The first-order chi connectivity index (χ1) is 8.61. The van der Waals surface area contributed by atoms with Crippen LogP contribution in [0.4, 0.5) is 5.69 Å². The minimum absolute atomic E-state index is 0.0830. The van der Waals surface area contributed by atoms with E-state index < -0.39 is 0 Å². The van der Waals surface area contributed by atoms with Crippen LogP contribution in [-0.2, 0) is 6.61 Å². The van der Waals surface area contributed by atoms with Gasteiger partial charge in [-0.15, -0.1) is 0 Å². The zero-order valence-corrected chi connectivity index (χ0v) is 12.7. The van der Waals surface area contributed by atoms with E-state index in [4.69, 9.17) is 0 Å². The van der Waals surface area contributed by atoms with Crippen LogP contribution in [0, 0.1) is 0 Å². The third-order valence-corrected chi connectivity index (χ3v) is 4.27. The molecule has 1 aromatic carbocycles. The van der Waals surface area contributed by atoms with Gasteiger partial charge in [0.25, 0.3) is 0 Å². The molecule has 0 bridgehead atoms. The van der Waals surface area contributed by atoms with Gasteiger partial charge in [0.2, 0.25) is 0 Å². The first-order valence-electron chi connectivity index (χ1n) is 6.42. The molecule has 3 nitrogen and oxygen atoms in total. The minimum Gasteiger partial charge on any atom is -0.392 e. The standard InChI is InChI=1S/C14H21BrN2O/c1-16-7-3-4-13(16)9-17(2)14-6-5-12(15)8-11(14)10-18/h5-6,8,13,18H,3-4,7,9-10H2,1-2H3. The van der Waals surface area contributed by atoms with Crippen molar-refractivity contribution in [1.29, 1.82) is 0 Å². The fourth-order valence-corrected chi connectivity index (χ4v) is 3.09. The van der Waals surface area contributed by atoms with Crippen LogP contribution in [0.15, 0.2) is 22.7 Å². The number of aliphatic hydroxyl groups is 1. The zero-order chi connectivity index (χ0) is 13.1. The second-order valence-electron chi connectivity index (χ2n) is 5.09. The Labute approximate surface area is 118 Å². The summed E-state index contributed by atoms with van der Waals surface area (Å²) in [5.74, 6) is 0. The molecule has 1 fully saturated rings. The van der Waals surface area contributed by atoms with E-state index in [9.17, 15) is 5.11 Å². The summed E-state index contributed by atoms with van der Waals surface area (Å²) in [6.07, 6.45) is 2.56. The summed E-state index contributed by atoms with van der Waals surface area (Å²) >= 11 is 3.45. The molecule has 1 saturated heterocycles. The summed E-state index contributed by atoms with van der Waals surface area (Å²) in [6, 6.07) is 6.73. The Bertz CT molecular complexity index is 411. The van der Waals surface area contributed by atoms with Crippen LogP contribution in [0.2, 0.25) is 0 Å². The summed E-state index contributed by atoms with van der Waals surface area (Å²) < 4.78 is 1.02. The van der Waals surface area contributed by atoms with Gasteiger partial charge in [0.1, 0.15) is 0 Å². The number of likely N-dealkylation sites (tertiary alicyclic amines) is 1. The maximum absolute atomic E-state index is 9.45. The van der Waals surface area contributed by atoms with Crippen molar-refractivity contribution >= 4 is 21.6 Å². The van der Waals surface area contributed by atoms with Gasteiger partial charge in [0.05, 0.1) is 6.61 Å². The second kappa shape index (κ2) is 6.04. The molecule has 1 heterocycles. The maximum atomic E-state index is 9.45. The molecule has 0 spiro atoms. The predicted octanol–water partition coefficient (Wildman–Crippen LogP) is 2.47. The molecule has 1 aliphatic rings. The molecule has 100 valence electrons. The van der Waals surface area contributed by atoms with E-state index >= 15 is 0 Å². The summed E-state index contributed by atoms with van der Waals surface area (Å²) in [5, 5.41) is 9.45. The van der Waals surface area contributed by atoms with Crippen molar-refractivity contribution in [3.8, 4) is 0 Å². The van der Waals surface area contributed by atoms with Gasteiger partial charge in [-0.1, -0.05) is 15.9 Å². The number of likely N-dealkylation sites (N-methyl/N-ethyl adjacent to an activating group) is 2. The highest BCUT2D eigenvalue weighted by molar-refractivity contribution is 9.10. The predicted molar refractivity (Wildman–Crippen MR) is 79.0 cm³/mol.